The van der Waals surface area contributed by atoms with E-state index in [0.717, 1.165) is 16.7 Å². The third-order valence-corrected chi connectivity index (χ3v) is 3.72. The number of carbonyl (C=O) groups excluding carboxylic acids is 1. The summed E-state index contributed by atoms with van der Waals surface area (Å²) in [6.45, 7) is 1.32. The van der Waals surface area contributed by atoms with Crippen LogP contribution in [0.15, 0.2) is 54.6 Å². The molecule has 0 aliphatic rings. The molecule has 3 N–H and O–H groups in total. The van der Waals surface area contributed by atoms with Crippen molar-refractivity contribution in [1.82, 2.24) is 5.32 Å². The lowest BCUT2D eigenvalue weighted by Gasteiger charge is -2.19. The Labute approximate surface area is 153 Å². The van der Waals surface area contributed by atoms with Crippen LogP contribution in [0.2, 0.25) is 0 Å². The van der Waals surface area contributed by atoms with Crippen LogP contribution in [0.4, 0.5) is 0 Å². The average Bonchev–Trinajstić information content (AvgIpc) is 2.66. The van der Waals surface area contributed by atoms with Gasteiger partial charge in [-0.1, -0.05) is 42.2 Å². The van der Waals surface area contributed by atoms with E-state index >= 15 is 0 Å². The van der Waals surface area contributed by atoms with Gasteiger partial charge in [0, 0.05) is 17.7 Å². The monoisotopic (exact) mass is 347 g/mol. The van der Waals surface area contributed by atoms with Crippen molar-refractivity contribution in [2.24, 2.45) is 0 Å². The smallest absolute Gasteiger partial charge is 0.177 e. The minimum atomic E-state index is -0.872. The summed E-state index contributed by atoms with van der Waals surface area (Å²) in [6, 6.07) is 16.4. The first kappa shape index (κ1) is 19.4. The van der Waals surface area contributed by atoms with Gasteiger partial charge in [-0.2, -0.15) is 0 Å². The first-order chi connectivity index (χ1) is 12.6. The maximum atomic E-state index is 11.6. The van der Waals surface area contributed by atoms with Crippen LogP contribution in [-0.4, -0.2) is 34.7 Å². The fraction of sp³-hybridized carbons (Fsp3) is 0.227. The summed E-state index contributed by atoms with van der Waals surface area (Å²) in [6.07, 6.45) is -0.872. The van der Waals surface area contributed by atoms with Crippen LogP contribution in [0.3, 0.4) is 0 Å². The standard InChI is InChI=1S/C22H21NO3/c1-17(25)22(21(26)16-24)23-15-20-13-11-19(12-14-20)10-6-5-9-18-7-3-2-4-8-18/h2-4,7-8,11-14,17,22-25H,15-16H2,1H3/t17-,22+/m1/s1. The third kappa shape index (κ3) is 6.20. The zero-order chi connectivity index (χ0) is 18.8. The number of carbonyl (C=O) groups is 1. The summed E-state index contributed by atoms with van der Waals surface area (Å²) in [5.74, 6) is 11.2. The summed E-state index contributed by atoms with van der Waals surface area (Å²) in [5.41, 5.74) is 2.71. The quantitative estimate of drug-likeness (QED) is 0.693. The Morgan fingerprint density at radius 1 is 1.00 bits per heavy atom. The highest BCUT2D eigenvalue weighted by Gasteiger charge is 2.21. The number of aliphatic hydroxyl groups is 2. The molecule has 2 aromatic rings. The topological polar surface area (TPSA) is 69.6 Å². The zero-order valence-electron chi connectivity index (χ0n) is 14.6. The highest BCUT2D eigenvalue weighted by molar-refractivity contribution is 5.85. The Balaban J connectivity index is 1.93. The predicted molar refractivity (Wildman–Crippen MR) is 101 cm³/mol. The average molecular weight is 347 g/mol. The number of hydrogen-bond donors (Lipinski definition) is 3. The zero-order valence-corrected chi connectivity index (χ0v) is 14.6. The van der Waals surface area contributed by atoms with Gasteiger partial charge in [0.1, 0.15) is 6.61 Å². The molecule has 4 heteroatoms. The second kappa shape index (κ2) is 10.2. The molecule has 4 nitrogen and oxygen atoms in total. The van der Waals surface area contributed by atoms with Crippen molar-refractivity contribution in [1.29, 1.82) is 0 Å². The van der Waals surface area contributed by atoms with Crippen LogP contribution >= 0.6 is 0 Å². The van der Waals surface area contributed by atoms with Gasteiger partial charge < -0.3 is 15.5 Å². The van der Waals surface area contributed by atoms with Gasteiger partial charge in [0.05, 0.1) is 12.1 Å². The first-order valence-electron chi connectivity index (χ1n) is 8.31. The van der Waals surface area contributed by atoms with E-state index in [2.05, 4.69) is 29.0 Å². The Morgan fingerprint density at radius 3 is 2.12 bits per heavy atom. The number of hydrogen-bond acceptors (Lipinski definition) is 4. The summed E-state index contributed by atoms with van der Waals surface area (Å²) in [5, 5.41) is 21.5. The Bertz CT molecular complexity index is 834. The van der Waals surface area contributed by atoms with Crippen LogP contribution in [-0.2, 0) is 11.3 Å². The molecule has 132 valence electrons. The molecule has 0 saturated heterocycles. The molecule has 2 rings (SSSR count). The molecule has 0 aliphatic heterocycles. The van der Waals surface area contributed by atoms with E-state index in [4.69, 9.17) is 5.11 Å². The van der Waals surface area contributed by atoms with E-state index < -0.39 is 24.5 Å². The van der Waals surface area contributed by atoms with Crippen LogP contribution < -0.4 is 5.32 Å². The van der Waals surface area contributed by atoms with Crippen molar-refractivity contribution in [2.45, 2.75) is 25.6 Å². The Kier molecular flexibility index (Phi) is 7.61. The maximum Gasteiger partial charge on any atom is 0.177 e. The molecular weight excluding hydrogens is 326 g/mol. The molecule has 0 spiro atoms. The Morgan fingerprint density at radius 2 is 1.58 bits per heavy atom. The summed E-state index contributed by atoms with van der Waals surface area (Å²) in [7, 11) is 0. The fourth-order valence-corrected chi connectivity index (χ4v) is 2.31. The molecule has 0 unspecified atom stereocenters. The van der Waals surface area contributed by atoms with Gasteiger partial charge in [0.25, 0.3) is 0 Å². The van der Waals surface area contributed by atoms with Crippen LogP contribution in [0, 0.1) is 23.7 Å². The largest absolute Gasteiger partial charge is 0.391 e. The lowest BCUT2D eigenvalue weighted by Crippen LogP contribution is -2.45. The van der Waals surface area contributed by atoms with Gasteiger partial charge in [-0.25, -0.2) is 0 Å². The van der Waals surface area contributed by atoms with Crippen LogP contribution in [0.1, 0.15) is 23.6 Å². The minimum Gasteiger partial charge on any atom is -0.391 e. The lowest BCUT2D eigenvalue weighted by molar-refractivity contribution is -0.126. The van der Waals surface area contributed by atoms with E-state index in [1.54, 1.807) is 0 Å². The van der Waals surface area contributed by atoms with Crippen molar-refractivity contribution in [2.75, 3.05) is 6.61 Å². The molecule has 2 aromatic carbocycles. The molecular formula is C22H21NO3. The molecule has 0 aromatic heterocycles. The summed E-state index contributed by atoms with van der Waals surface area (Å²) >= 11 is 0. The van der Waals surface area contributed by atoms with Crippen LogP contribution in [0.25, 0.3) is 0 Å². The van der Waals surface area contributed by atoms with Crippen molar-refractivity contribution in [3.8, 4) is 23.7 Å². The highest BCUT2D eigenvalue weighted by atomic mass is 16.3. The summed E-state index contributed by atoms with van der Waals surface area (Å²) in [4.78, 5) is 11.6. The number of rotatable bonds is 6. The molecule has 0 amide bonds. The molecule has 0 heterocycles. The minimum absolute atomic E-state index is 0.406. The SMILES string of the molecule is C[C@@H](O)[C@H](NCc1ccc(C#CC#Cc2ccccc2)cc1)C(=O)CO. The van der Waals surface area contributed by atoms with Crippen molar-refractivity contribution in [3.63, 3.8) is 0 Å². The van der Waals surface area contributed by atoms with Gasteiger partial charge >= 0.3 is 0 Å². The van der Waals surface area contributed by atoms with Crippen molar-refractivity contribution in [3.05, 3.63) is 71.3 Å². The molecule has 0 radical (unpaired) electrons. The predicted octanol–water partition coefficient (Wildman–Crippen LogP) is 1.49. The van der Waals surface area contributed by atoms with E-state index in [-0.39, 0.29) is 0 Å². The number of Topliss-reactive ketones (excluding diaryl/α,β-unsaturated/α-hetero) is 1. The van der Waals surface area contributed by atoms with Crippen molar-refractivity contribution < 1.29 is 15.0 Å². The van der Waals surface area contributed by atoms with Gasteiger partial charge in [-0.05, 0) is 48.6 Å². The second-order valence-corrected chi connectivity index (χ2v) is 5.79. The van der Waals surface area contributed by atoms with E-state index in [0.29, 0.717) is 6.54 Å². The molecule has 26 heavy (non-hydrogen) atoms. The lowest BCUT2D eigenvalue weighted by atomic mass is 10.1. The van der Waals surface area contributed by atoms with Crippen LogP contribution in [0.5, 0.6) is 0 Å². The van der Waals surface area contributed by atoms with Gasteiger partial charge in [-0.3, -0.25) is 4.79 Å². The maximum absolute atomic E-state index is 11.6. The van der Waals surface area contributed by atoms with Gasteiger partial charge in [-0.15, -0.1) is 0 Å². The molecule has 0 aliphatic carbocycles. The van der Waals surface area contributed by atoms with E-state index in [1.807, 2.05) is 54.6 Å². The molecule has 2 atom stereocenters. The normalized spacial score (nSPS) is 12.1. The molecule has 0 fully saturated rings. The molecule has 0 bridgehead atoms. The van der Waals surface area contributed by atoms with Gasteiger partial charge in [0.15, 0.2) is 5.78 Å². The first-order valence-corrected chi connectivity index (χ1v) is 8.31. The summed E-state index contributed by atoms with van der Waals surface area (Å²) < 4.78 is 0. The third-order valence-electron chi connectivity index (χ3n) is 3.72. The number of nitrogens with one attached hydrogen (secondary N) is 1. The number of aliphatic hydroxyl groups excluding tert-OH is 2. The molecule has 0 saturated carbocycles. The van der Waals surface area contributed by atoms with Crippen molar-refractivity contribution >= 4 is 5.78 Å². The fourth-order valence-electron chi connectivity index (χ4n) is 2.31. The second-order valence-electron chi connectivity index (χ2n) is 5.79. The van der Waals surface area contributed by atoms with Gasteiger partial charge in [0.2, 0.25) is 0 Å². The van der Waals surface area contributed by atoms with E-state index in [9.17, 15) is 9.90 Å². The van der Waals surface area contributed by atoms with E-state index in [1.165, 1.54) is 6.92 Å². The number of benzene rings is 2. The Hall–Kier alpha value is -2.89. The highest BCUT2D eigenvalue weighted by Crippen LogP contribution is 2.05. The number of ketones is 1.